The van der Waals surface area contributed by atoms with Crippen molar-refractivity contribution in [3.05, 3.63) is 18.2 Å². The second-order valence-electron chi connectivity index (χ2n) is 3.01. The molecule has 1 heterocycles. The Hall–Kier alpha value is -1.36. The van der Waals surface area contributed by atoms with E-state index in [1.165, 1.54) is 0 Å². The molecule has 78 valence electrons. The summed E-state index contributed by atoms with van der Waals surface area (Å²) in [6, 6.07) is 0. The molecule has 0 aliphatic heterocycles. The molecule has 0 spiro atoms. The SMILES string of the molecule is CCNCC(=O)NCc1nccn1C. The summed E-state index contributed by atoms with van der Waals surface area (Å²) < 4.78 is 1.88. The van der Waals surface area contributed by atoms with Crippen molar-refractivity contribution in [3.8, 4) is 0 Å². The van der Waals surface area contributed by atoms with Gasteiger partial charge in [0.1, 0.15) is 5.82 Å². The zero-order valence-electron chi connectivity index (χ0n) is 8.58. The van der Waals surface area contributed by atoms with Crippen LogP contribution in [-0.2, 0) is 18.4 Å². The first-order chi connectivity index (χ1) is 6.74. The summed E-state index contributed by atoms with van der Waals surface area (Å²) in [6.45, 7) is 3.61. The number of aryl methyl sites for hydroxylation is 1. The first kappa shape index (κ1) is 10.7. The predicted octanol–water partition coefficient (Wildman–Crippen LogP) is -0.354. The zero-order valence-corrected chi connectivity index (χ0v) is 8.58. The Bertz CT molecular complexity index is 295. The minimum atomic E-state index is -0.00477. The molecule has 1 amide bonds. The Morgan fingerprint density at radius 2 is 2.43 bits per heavy atom. The maximum atomic E-state index is 11.2. The molecule has 0 atom stereocenters. The Morgan fingerprint density at radius 3 is 3.00 bits per heavy atom. The fourth-order valence-electron chi connectivity index (χ4n) is 1.05. The fraction of sp³-hybridized carbons (Fsp3) is 0.556. The van der Waals surface area contributed by atoms with Crippen molar-refractivity contribution >= 4 is 5.91 Å². The predicted molar refractivity (Wildman–Crippen MR) is 53.6 cm³/mol. The van der Waals surface area contributed by atoms with E-state index in [0.29, 0.717) is 13.1 Å². The van der Waals surface area contributed by atoms with Crippen molar-refractivity contribution < 1.29 is 4.79 Å². The largest absolute Gasteiger partial charge is 0.348 e. The summed E-state index contributed by atoms with van der Waals surface area (Å²) in [4.78, 5) is 15.3. The van der Waals surface area contributed by atoms with Crippen LogP contribution in [0.25, 0.3) is 0 Å². The molecule has 0 fully saturated rings. The van der Waals surface area contributed by atoms with Gasteiger partial charge in [0, 0.05) is 19.4 Å². The first-order valence-electron chi connectivity index (χ1n) is 4.67. The molecular formula is C9H16N4O. The maximum absolute atomic E-state index is 11.2. The summed E-state index contributed by atoms with van der Waals surface area (Å²) in [5.74, 6) is 0.852. The van der Waals surface area contributed by atoms with Crippen LogP contribution in [0.1, 0.15) is 12.7 Å². The normalized spacial score (nSPS) is 10.1. The summed E-state index contributed by atoms with van der Waals surface area (Å²) in [6.07, 6.45) is 3.57. The highest BCUT2D eigenvalue weighted by atomic mass is 16.1. The van der Waals surface area contributed by atoms with Crippen molar-refractivity contribution in [1.82, 2.24) is 20.2 Å². The van der Waals surface area contributed by atoms with Gasteiger partial charge in [-0.05, 0) is 6.54 Å². The van der Waals surface area contributed by atoms with Gasteiger partial charge >= 0.3 is 0 Å². The molecular weight excluding hydrogens is 180 g/mol. The van der Waals surface area contributed by atoms with E-state index in [-0.39, 0.29) is 5.91 Å². The topological polar surface area (TPSA) is 59.0 Å². The van der Waals surface area contributed by atoms with E-state index in [4.69, 9.17) is 0 Å². The molecule has 0 unspecified atom stereocenters. The van der Waals surface area contributed by atoms with E-state index < -0.39 is 0 Å². The third-order valence-electron chi connectivity index (χ3n) is 1.90. The molecule has 0 aromatic carbocycles. The van der Waals surface area contributed by atoms with Crippen LogP contribution in [-0.4, -0.2) is 28.5 Å². The first-order valence-corrected chi connectivity index (χ1v) is 4.67. The number of aromatic nitrogens is 2. The fourth-order valence-corrected chi connectivity index (χ4v) is 1.05. The smallest absolute Gasteiger partial charge is 0.234 e. The zero-order chi connectivity index (χ0) is 10.4. The maximum Gasteiger partial charge on any atom is 0.234 e. The highest BCUT2D eigenvalue weighted by Crippen LogP contribution is 1.92. The van der Waals surface area contributed by atoms with Crippen LogP contribution in [0.5, 0.6) is 0 Å². The van der Waals surface area contributed by atoms with E-state index in [1.54, 1.807) is 6.20 Å². The van der Waals surface area contributed by atoms with Gasteiger partial charge in [0.05, 0.1) is 13.1 Å². The van der Waals surface area contributed by atoms with Crippen molar-refractivity contribution in [1.29, 1.82) is 0 Å². The van der Waals surface area contributed by atoms with Crippen LogP contribution in [0.15, 0.2) is 12.4 Å². The lowest BCUT2D eigenvalue weighted by Crippen LogP contribution is -2.33. The number of imidazole rings is 1. The average Bonchev–Trinajstić information content (AvgIpc) is 2.58. The summed E-state index contributed by atoms with van der Waals surface area (Å²) in [7, 11) is 1.90. The molecule has 2 N–H and O–H groups in total. The van der Waals surface area contributed by atoms with Gasteiger partial charge in [-0.3, -0.25) is 4.79 Å². The molecule has 14 heavy (non-hydrogen) atoms. The average molecular weight is 196 g/mol. The summed E-state index contributed by atoms with van der Waals surface area (Å²) in [5, 5.41) is 5.73. The van der Waals surface area contributed by atoms with E-state index in [0.717, 1.165) is 12.4 Å². The van der Waals surface area contributed by atoms with E-state index >= 15 is 0 Å². The number of nitrogens with zero attached hydrogens (tertiary/aromatic N) is 2. The molecule has 0 saturated carbocycles. The van der Waals surface area contributed by atoms with Gasteiger partial charge in [-0.25, -0.2) is 4.98 Å². The second kappa shape index (κ2) is 5.39. The van der Waals surface area contributed by atoms with E-state index in [1.807, 2.05) is 24.7 Å². The summed E-state index contributed by atoms with van der Waals surface area (Å²) in [5.41, 5.74) is 0. The molecule has 1 aromatic heterocycles. The molecule has 1 aromatic rings. The summed E-state index contributed by atoms with van der Waals surface area (Å²) >= 11 is 0. The van der Waals surface area contributed by atoms with Gasteiger partial charge < -0.3 is 15.2 Å². The van der Waals surface area contributed by atoms with Crippen LogP contribution in [0, 0.1) is 0 Å². The van der Waals surface area contributed by atoms with Gasteiger partial charge in [0.2, 0.25) is 5.91 Å². The van der Waals surface area contributed by atoms with E-state index in [2.05, 4.69) is 15.6 Å². The quantitative estimate of drug-likeness (QED) is 0.676. The Balaban J connectivity index is 2.27. The lowest BCUT2D eigenvalue weighted by atomic mass is 10.5. The van der Waals surface area contributed by atoms with E-state index in [9.17, 15) is 4.79 Å². The lowest BCUT2D eigenvalue weighted by Gasteiger charge is -2.05. The van der Waals surface area contributed by atoms with Gasteiger partial charge in [0.15, 0.2) is 0 Å². The Kier molecular flexibility index (Phi) is 4.12. The number of hydrogen-bond acceptors (Lipinski definition) is 3. The van der Waals surface area contributed by atoms with Crippen molar-refractivity contribution in [2.24, 2.45) is 7.05 Å². The molecule has 0 aliphatic carbocycles. The van der Waals surface area contributed by atoms with Crippen molar-refractivity contribution in [2.75, 3.05) is 13.1 Å². The van der Waals surface area contributed by atoms with Gasteiger partial charge in [-0.1, -0.05) is 6.92 Å². The molecule has 5 heteroatoms. The molecule has 0 radical (unpaired) electrons. The van der Waals surface area contributed by atoms with Crippen molar-refractivity contribution in [3.63, 3.8) is 0 Å². The lowest BCUT2D eigenvalue weighted by molar-refractivity contribution is -0.120. The highest BCUT2D eigenvalue weighted by Gasteiger charge is 2.02. The molecule has 0 saturated heterocycles. The second-order valence-corrected chi connectivity index (χ2v) is 3.01. The third-order valence-corrected chi connectivity index (χ3v) is 1.90. The van der Waals surface area contributed by atoms with Crippen LogP contribution in [0.4, 0.5) is 0 Å². The van der Waals surface area contributed by atoms with Gasteiger partial charge in [-0.2, -0.15) is 0 Å². The third kappa shape index (κ3) is 3.18. The van der Waals surface area contributed by atoms with Gasteiger partial charge in [-0.15, -0.1) is 0 Å². The number of likely N-dealkylation sites (N-methyl/N-ethyl adjacent to an activating group) is 1. The van der Waals surface area contributed by atoms with Gasteiger partial charge in [0.25, 0.3) is 0 Å². The number of amides is 1. The van der Waals surface area contributed by atoms with Crippen LogP contribution in [0.3, 0.4) is 0 Å². The standard InChI is InChI=1S/C9H16N4O/c1-3-10-7-9(14)12-6-8-11-4-5-13(8)2/h4-5,10H,3,6-7H2,1-2H3,(H,12,14). The van der Waals surface area contributed by atoms with Crippen LogP contribution < -0.4 is 10.6 Å². The number of hydrogen-bond donors (Lipinski definition) is 2. The molecule has 1 rings (SSSR count). The molecule has 5 nitrogen and oxygen atoms in total. The van der Waals surface area contributed by atoms with Crippen LogP contribution >= 0.6 is 0 Å². The Morgan fingerprint density at radius 1 is 1.64 bits per heavy atom. The van der Waals surface area contributed by atoms with Crippen molar-refractivity contribution in [2.45, 2.75) is 13.5 Å². The number of carbonyl (C=O) groups excluding carboxylic acids is 1. The molecule has 0 bridgehead atoms. The monoisotopic (exact) mass is 196 g/mol. The number of rotatable bonds is 5. The minimum Gasteiger partial charge on any atom is -0.348 e. The Labute approximate surface area is 83.5 Å². The minimum absolute atomic E-state index is 0.00477. The highest BCUT2D eigenvalue weighted by molar-refractivity contribution is 5.77. The number of nitrogens with one attached hydrogen (secondary N) is 2. The number of carbonyl (C=O) groups is 1. The molecule has 0 aliphatic rings. The van der Waals surface area contributed by atoms with Crippen LogP contribution in [0.2, 0.25) is 0 Å².